The van der Waals surface area contributed by atoms with Crippen molar-refractivity contribution >= 4 is 0 Å². The zero-order valence-corrected chi connectivity index (χ0v) is 9.86. The van der Waals surface area contributed by atoms with Gasteiger partial charge in [0.2, 0.25) is 0 Å². The second-order valence-corrected chi connectivity index (χ2v) is 5.64. The summed E-state index contributed by atoms with van der Waals surface area (Å²) in [5.41, 5.74) is 8.16. The van der Waals surface area contributed by atoms with Crippen LogP contribution in [-0.4, -0.2) is 5.54 Å². The molecule has 1 aromatic rings. The third kappa shape index (κ3) is 1.78. The first-order chi connectivity index (χ1) is 7.80. The van der Waals surface area contributed by atoms with Crippen molar-refractivity contribution in [2.24, 2.45) is 11.7 Å². The van der Waals surface area contributed by atoms with Gasteiger partial charge in [0.15, 0.2) is 0 Å². The highest BCUT2D eigenvalue weighted by Crippen LogP contribution is 2.51. The number of benzene rings is 1. The molecule has 0 saturated heterocycles. The highest BCUT2D eigenvalue weighted by Gasteiger charge is 2.49. The van der Waals surface area contributed by atoms with E-state index < -0.39 is 0 Å². The summed E-state index contributed by atoms with van der Waals surface area (Å²) < 4.78 is 0. The van der Waals surface area contributed by atoms with Crippen molar-refractivity contribution < 1.29 is 0 Å². The Bertz CT molecular complexity index is 353. The first kappa shape index (κ1) is 10.3. The second kappa shape index (κ2) is 3.89. The Morgan fingerprint density at radius 3 is 2.38 bits per heavy atom. The Morgan fingerprint density at radius 1 is 1.00 bits per heavy atom. The van der Waals surface area contributed by atoms with Crippen molar-refractivity contribution in [2.75, 3.05) is 0 Å². The van der Waals surface area contributed by atoms with Gasteiger partial charge < -0.3 is 5.73 Å². The Kier molecular flexibility index (Phi) is 2.51. The van der Waals surface area contributed by atoms with E-state index in [0.717, 1.165) is 11.8 Å². The van der Waals surface area contributed by atoms with Gasteiger partial charge >= 0.3 is 0 Å². The molecular formula is C15H21N. The van der Waals surface area contributed by atoms with Gasteiger partial charge in [-0.15, -0.1) is 0 Å². The van der Waals surface area contributed by atoms with E-state index in [4.69, 9.17) is 5.73 Å². The van der Waals surface area contributed by atoms with Gasteiger partial charge in [-0.2, -0.15) is 0 Å². The summed E-state index contributed by atoms with van der Waals surface area (Å²) >= 11 is 0. The van der Waals surface area contributed by atoms with Crippen molar-refractivity contribution in [3.8, 4) is 0 Å². The van der Waals surface area contributed by atoms with Gasteiger partial charge in [-0.05, 0) is 43.1 Å². The summed E-state index contributed by atoms with van der Waals surface area (Å²) in [4.78, 5) is 0. The fourth-order valence-corrected chi connectivity index (χ4v) is 3.43. The normalized spacial score (nSPS) is 32.3. The van der Waals surface area contributed by atoms with Crippen molar-refractivity contribution in [3.63, 3.8) is 0 Å². The van der Waals surface area contributed by atoms with Gasteiger partial charge in [-0.25, -0.2) is 0 Å². The molecule has 0 aromatic heterocycles. The summed E-state index contributed by atoms with van der Waals surface area (Å²) in [7, 11) is 0. The molecule has 2 atom stereocenters. The van der Waals surface area contributed by atoms with Gasteiger partial charge in [0.1, 0.15) is 0 Å². The van der Waals surface area contributed by atoms with Crippen LogP contribution in [0.2, 0.25) is 0 Å². The van der Waals surface area contributed by atoms with Gasteiger partial charge in [-0.3, -0.25) is 0 Å². The van der Waals surface area contributed by atoms with Crippen LogP contribution in [0.4, 0.5) is 0 Å². The highest BCUT2D eigenvalue weighted by molar-refractivity contribution is 5.24. The van der Waals surface area contributed by atoms with Crippen molar-refractivity contribution in [1.82, 2.24) is 0 Å². The fourth-order valence-electron chi connectivity index (χ4n) is 3.43. The number of hydrogen-bond donors (Lipinski definition) is 1. The van der Waals surface area contributed by atoms with E-state index in [0.29, 0.717) is 0 Å². The molecule has 2 unspecified atom stereocenters. The molecule has 0 aliphatic heterocycles. The predicted molar refractivity (Wildman–Crippen MR) is 67.3 cm³/mol. The van der Waals surface area contributed by atoms with Crippen LogP contribution < -0.4 is 5.73 Å². The summed E-state index contributed by atoms with van der Waals surface area (Å²) in [5.74, 6) is 1.46. The molecule has 16 heavy (non-hydrogen) atoms. The number of hydrogen-bond acceptors (Lipinski definition) is 1. The van der Waals surface area contributed by atoms with E-state index in [1.54, 1.807) is 0 Å². The SMILES string of the molecule is NC1(C2CCCCC2c2ccccc2)CC1. The first-order valence-corrected chi connectivity index (χ1v) is 6.63. The zero-order chi connectivity index (χ0) is 11.0. The monoisotopic (exact) mass is 215 g/mol. The molecule has 0 bridgehead atoms. The van der Waals surface area contributed by atoms with E-state index >= 15 is 0 Å². The Hall–Kier alpha value is -0.820. The van der Waals surface area contributed by atoms with Crippen molar-refractivity contribution in [3.05, 3.63) is 35.9 Å². The summed E-state index contributed by atoms with van der Waals surface area (Å²) in [6.45, 7) is 0. The van der Waals surface area contributed by atoms with Gasteiger partial charge in [0.05, 0.1) is 0 Å². The van der Waals surface area contributed by atoms with Crippen LogP contribution in [0.15, 0.2) is 30.3 Å². The molecule has 0 heterocycles. The van der Waals surface area contributed by atoms with Crippen LogP contribution in [0, 0.1) is 5.92 Å². The van der Waals surface area contributed by atoms with Crippen LogP contribution in [-0.2, 0) is 0 Å². The largest absolute Gasteiger partial charge is 0.325 e. The second-order valence-electron chi connectivity index (χ2n) is 5.64. The molecule has 0 amide bonds. The summed E-state index contributed by atoms with van der Waals surface area (Å²) in [5, 5.41) is 0. The smallest absolute Gasteiger partial charge is 0.0190 e. The topological polar surface area (TPSA) is 26.0 Å². The van der Waals surface area contributed by atoms with Gasteiger partial charge in [0.25, 0.3) is 0 Å². The standard InChI is InChI=1S/C15H21N/c16-15(10-11-15)14-9-5-4-8-13(14)12-6-2-1-3-7-12/h1-3,6-7,13-14H,4-5,8-11,16H2. The lowest BCUT2D eigenvalue weighted by Crippen LogP contribution is -2.38. The molecule has 2 N–H and O–H groups in total. The van der Waals surface area contributed by atoms with E-state index in [2.05, 4.69) is 30.3 Å². The lowest BCUT2D eigenvalue weighted by atomic mass is 9.71. The summed E-state index contributed by atoms with van der Waals surface area (Å²) in [6.07, 6.45) is 7.95. The maximum absolute atomic E-state index is 6.45. The number of nitrogens with two attached hydrogens (primary N) is 1. The van der Waals surface area contributed by atoms with E-state index in [-0.39, 0.29) is 5.54 Å². The van der Waals surface area contributed by atoms with Crippen molar-refractivity contribution in [1.29, 1.82) is 0 Å². The van der Waals surface area contributed by atoms with E-state index in [9.17, 15) is 0 Å². The average Bonchev–Trinajstić information content (AvgIpc) is 3.10. The van der Waals surface area contributed by atoms with E-state index in [1.165, 1.54) is 44.1 Å². The Labute approximate surface area is 98.0 Å². The lowest BCUT2D eigenvalue weighted by molar-refractivity contribution is 0.249. The van der Waals surface area contributed by atoms with Crippen LogP contribution >= 0.6 is 0 Å². The molecule has 2 saturated carbocycles. The van der Waals surface area contributed by atoms with Crippen LogP contribution in [0.25, 0.3) is 0 Å². The zero-order valence-electron chi connectivity index (χ0n) is 9.86. The molecule has 2 aliphatic carbocycles. The van der Waals surface area contributed by atoms with Crippen LogP contribution in [0.3, 0.4) is 0 Å². The first-order valence-electron chi connectivity index (χ1n) is 6.63. The molecule has 1 aromatic carbocycles. The maximum atomic E-state index is 6.45. The quantitative estimate of drug-likeness (QED) is 0.803. The predicted octanol–water partition coefficient (Wildman–Crippen LogP) is 3.45. The Morgan fingerprint density at radius 2 is 1.69 bits per heavy atom. The van der Waals surface area contributed by atoms with Gasteiger partial charge in [0, 0.05) is 5.54 Å². The van der Waals surface area contributed by atoms with Gasteiger partial charge in [-0.1, -0.05) is 43.2 Å². The highest BCUT2D eigenvalue weighted by atomic mass is 14.8. The fraction of sp³-hybridized carbons (Fsp3) is 0.600. The third-order valence-electron chi connectivity index (χ3n) is 4.56. The minimum atomic E-state index is 0.195. The van der Waals surface area contributed by atoms with Crippen molar-refractivity contribution in [2.45, 2.75) is 50.0 Å². The molecule has 1 nitrogen and oxygen atoms in total. The molecular weight excluding hydrogens is 194 g/mol. The molecule has 0 spiro atoms. The lowest BCUT2D eigenvalue weighted by Gasteiger charge is -2.36. The average molecular weight is 215 g/mol. The third-order valence-corrected chi connectivity index (χ3v) is 4.56. The number of rotatable bonds is 2. The minimum absolute atomic E-state index is 0.195. The molecule has 0 radical (unpaired) electrons. The molecule has 1 heteroatoms. The molecule has 3 rings (SSSR count). The van der Waals surface area contributed by atoms with Crippen LogP contribution in [0.1, 0.15) is 50.0 Å². The molecule has 2 fully saturated rings. The maximum Gasteiger partial charge on any atom is 0.0190 e. The van der Waals surface area contributed by atoms with E-state index in [1.807, 2.05) is 0 Å². The Balaban J connectivity index is 1.86. The minimum Gasteiger partial charge on any atom is -0.325 e. The molecule has 2 aliphatic rings. The molecule has 86 valence electrons. The van der Waals surface area contributed by atoms with Crippen LogP contribution in [0.5, 0.6) is 0 Å². The summed E-state index contributed by atoms with van der Waals surface area (Å²) in [6, 6.07) is 11.0.